The molecule has 0 fully saturated rings. The number of hydrogen-bond donors (Lipinski definition) is 1. The molecule has 0 saturated carbocycles. The van der Waals surface area contributed by atoms with Crippen LogP contribution in [0.1, 0.15) is 40.2 Å². The summed E-state index contributed by atoms with van der Waals surface area (Å²) in [6.07, 6.45) is 0. The minimum Gasteiger partial charge on any atom is -0.479 e. The first-order valence-electron chi connectivity index (χ1n) is 6.00. The van der Waals surface area contributed by atoms with Crippen LogP contribution in [0.2, 0.25) is 0 Å². The molecule has 92 valence electrons. The third kappa shape index (κ3) is 2.17. The second kappa shape index (κ2) is 3.52. The zero-order chi connectivity index (χ0) is 12.8. The fourth-order valence-electron chi connectivity index (χ4n) is 1.83. The van der Waals surface area contributed by atoms with Crippen LogP contribution >= 0.6 is 0 Å². The number of ether oxygens (including phenoxy) is 1. The highest BCUT2D eigenvalue weighted by molar-refractivity contribution is 5.64. The molecular weight excluding hydrogens is 210 g/mol. The molecule has 0 bridgehead atoms. The first-order chi connectivity index (χ1) is 7.70. The summed E-state index contributed by atoms with van der Waals surface area (Å²) in [5, 5.41) is 3.31. The van der Waals surface area contributed by atoms with Crippen LogP contribution in [0, 0.1) is 0 Å². The van der Waals surface area contributed by atoms with Gasteiger partial charge in [-0.3, -0.25) is 0 Å². The molecule has 1 aromatic carbocycles. The van der Waals surface area contributed by atoms with Gasteiger partial charge in [-0.15, -0.1) is 0 Å². The van der Waals surface area contributed by atoms with Crippen LogP contribution in [0.5, 0.6) is 5.75 Å². The SMILES string of the molecule is C=C1Nc2ccc(C(C)(C)C)cc2OC1(C)C. The molecule has 0 spiro atoms. The molecule has 2 rings (SSSR count). The number of benzene rings is 1. The Morgan fingerprint density at radius 3 is 2.47 bits per heavy atom. The molecule has 1 N–H and O–H groups in total. The summed E-state index contributed by atoms with van der Waals surface area (Å²) in [7, 11) is 0. The van der Waals surface area contributed by atoms with Gasteiger partial charge in [0.1, 0.15) is 11.4 Å². The Labute approximate surface area is 104 Å². The lowest BCUT2D eigenvalue weighted by molar-refractivity contribution is 0.144. The first-order valence-corrected chi connectivity index (χ1v) is 6.00. The second-order valence-electron chi connectivity index (χ2n) is 6.18. The van der Waals surface area contributed by atoms with Crippen molar-refractivity contribution in [3.63, 3.8) is 0 Å². The van der Waals surface area contributed by atoms with Crippen molar-refractivity contribution in [1.29, 1.82) is 0 Å². The Balaban J connectivity index is 2.45. The van der Waals surface area contributed by atoms with E-state index < -0.39 is 0 Å². The molecular formula is C15H21NO. The van der Waals surface area contributed by atoms with Crippen LogP contribution in [0.4, 0.5) is 5.69 Å². The first kappa shape index (κ1) is 12.0. The minimum absolute atomic E-state index is 0.136. The molecule has 0 atom stereocenters. The van der Waals surface area contributed by atoms with E-state index in [-0.39, 0.29) is 11.0 Å². The molecule has 1 aliphatic rings. The highest BCUT2D eigenvalue weighted by Gasteiger charge is 2.30. The van der Waals surface area contributed by atoms with E-state index in [0.717, 1.165) is 17.1 Å². The smallest absolute Gasteiger partial charge is 0.144 e. The molecule has 0 radical (unpaired) electrons. The van der Waals surface area contributed by atoms with Crippen LogP contribution in [-0.2, 0) is 5.41 Å². The van der Waals surface area contributed by atoms with Gasteiger partial charge in [0, 0.05) is 0 Å². The summed E-state index contributed by atoms with van der Waals surface area (Å²) in [6.45, 7) is 14.7. The van der Waals surface area contributed by atoms with Crippen molar-refractivity contribution < 1.29 is 4.74 Å². The largest absolute Gasteiger partial charge is 0.479 e. The predicted octanol–water partition coefficient (Wildman–Crippen LogP) is 4.08. The topological polar surface area (TPSA) is 21.3 Å². The Bertz CT molecular complexity index is 466. The third-order valence-corrected chi connectivity index (χ3v) is 3.23. The lowest BCUT2D eigenvalue weighted by atomic mass is 9.86. The van der Waals surface area contributed by atoms with Gasteiger partial charge in [0.05, 0.1) is 11.4 Å². The van der Waals surface area contributed by atoms with E-state index in [1.165, 1.54) is 5.56 Å². The van der Waals surface area contributed by atoms with E-state index >= 15 is 0 Å². The van der Waals surface area contributed by atoms with E-state index in [2.05, 4.69) is 50.9 Å². The molecule has 0 unspecified atom stereocenters. The van der Waals surface area contributed by atoms with E-state index in [1.807, 2.05) is 13.8 Å². The summed E-state index contributed by atoms with van der Waals surface area (Å²) in [6, 6.07) is 6.33. The van der Waals surface area contributed by atoms with E-state index in [1.54, 1.807) is 0 Å². The summed E-state index contributed by atoms with van der Waals surface area (Å²) in [5.74, 6) is 0.912. The van der Waals surface area contributed by atoms with E-state index in [4.69, 9.17) is 4.74 Å². The maximum Gasteiger partial charge on any atom is 0.144 e. The van der Waals surface area contributed by atoms with Crippen molar-refractivity contribution in [2.24, 2.45) is 0 Å². The van der Waals surface area contributed by atoms with Gasteiger partial charge in [-0.25, -0.2) is 0 Å². The fourth-order valence-corrected chi connectivity index (χ4v) is 1.83. The van der Waals surface area contributed by atoms with E-state index in [0.29, 0.717) is 0 Å². The van der Waals surface area contributed by atoms with Gasteiger partial charge < -0.3 is 10.1 Å². The highest BCUT2D eigenvalue weighted by atomic mass is 16.5. The standard InChI is InChI=1S/C15H21NO/c1-10-15(5,6)17-13-9-11(14(2,3)4)7-8-12(13)16-10/h7-9,16H,1H2,2-6H3. The lowest BCUT2D eigenvalue weighted by Gasteiger charge is -2.36. The zero-order valence-electron chi connectivity index (χ0n) is 11.3. The number of fused-ring (bicyclic) bond motifs is 1. The number of nitrogens with one attached hydrogen (secondary N) is 1. The Hall–Kier alpha value is -1.44. The number of anilines is 1. The van der Waals surface area contributed by atoms with Crippen molar-refractivity contribution in [3.05, 3.63) is 36.0 Å². The van der Waals surface area contributed by atoms with Gasteiger partial charge in [-0.2, -0.15) is 0 Å². The van der Waals surface area contributed by atoms with Crippen molar-refractivity contribution in [3.8, 4) is 5.75 Å². The molecule has 1 aromatic rings. The molecule has 0 aliphatic carbocycles. The van der Waals surface area contributed by atoms with Crippen LogP contribution in [-0.4, -0.2) is 5.60 Å². The fraction of sp³-hybridized carbons (Fsp3) is 0.467. The Morgan fingerprint density at radius 1 is 1.24 bits per heavy atom. The van der Waals surface area contributed by atoms with Gasteiger partial charge in [0.15, 0.2) is 0 Å². The summed E-state index contributed by atoms with van der Waals surface area (Å²) in [5.41, 5.74) is 2.96. The van der Waals surface area contributed by atoms with Crippen LogP contribution in [0.25, 0.3) is 0 Å². The van der Waals surface area contributed by atoms with Crippen molar-refractivity contribution in [2.75, 3.05) is 5.32 Å². The Kier molecular flexibility index (Phi) is 2.49. The number of rotatable bonds is 0. The molecule has 0 aromatic heterocycles. The predicted molar refractivity (Wildman–Crippen MR) is 72.6 cm³/mol. The van der Waals surface area contributed by atoms with Crippen molar-refractivity contribution >= 4 is 5.69 Å². The second-order valence-corrected chi connectivity index (χ2v) is 6.18. The molecule has 2 nitrogen and oxygen atoms in total. The third-order valence-electron chi connectivity index (χ3n) is 3.23. The van der Waals surface area contributed by atoms with Gasteiger partial charge in [0.2, 0.25) is 0 Å². The van der Waals surface area contributed by atoms with Crippen LogP contribution in [0.15, 0.2) is 30.5 Å². The molecule has 17 heavy (non-hydrogen) atoms. The maximum absolute atomic E-state index is 6.01. The molecule has 2 heteroatoms. The average molecular weight is 231 g/mol. The quantitative estimate of drug-likeness (QED) is 0.726. The van der Waals surface area contributed by atoms with Crippen molar-refractivity contribution in [1.82, 2.24) is 0 Å². The summed E-state index contributed by atoms with van der Waals surface area (Å²) < 4.78 is 6.01. The van der Waals surface area contributed by atoms with E-state index in [9.17, 15) is 0 Å². The molecule has 0 saturated heterocycles. The summed E-state index contributed by atoms with van der Waals surface area (Å²) in [4.78, 5) is 0. The van der Waals surface area contributed by atoms with Crippen molar-refractivity contribution in [2.45, 2.75) is 45.6 Å². The monoisotopic (exact) mass is 231 g/mol. The summed E-state index contributed by atoms with van der Waals surface area (Å²) >= 11 is 0. The van der Waals surface area contributed by atoms with Gasteiger partial charge in [-0.1, -0.05) is 33.4 Å². The number of hydrogen-bond acceptors (Lipinski definition) is 2. The molecule has 1 aliphatic heterocycles. The van der Waals surface area contributed by atoms with Gasteiger partial charge >= 0.3 is 0 Å². The lowest BCUT2D eigenvalue weighted by Crippen LogP contribution is -2.37. The Morgan fingerprint density at radius 2 is 1.88 bits per heavy atom. The van der Waals surface area contributed by atoms with Crippen LogP contribution in [0.3, 0.4) is 0 Å². The maximum atomic E-state index is 6.01. The zero-order valence-corrected chi connectivity index (χ0v) is 11.3. The normalized spacial score (nSPS) is 18.1. The minimum atomic E-state index is -0.358. The van der Waals surface area contributed by atoms with Crippen LogP contribution < -0.4 is 10.1 Å². The van der Waals surface area contributed by atoms with Gasteiger partial charge in [0.25, 0.3) is 0 Å². The highest BCUT2D eigenvalue weighted by Crippen LogP contribution is 2.39. The average Bonchev–Trinajstić information content (AvgIpc) is 2.17. The molecule has 1 heterocycles. The van der Waals surface area contributed by atoms with Gasteiger partial charge in [-0.05, 0) is 37.0 Å². The molecule has 0 amide bonds.